The van der Waals surface area contributed by atoms with Gasteiger partial charge in [-0.3, -0.25) is 9.59 Å². The Labute approximate surface area is 153 Å². The van der Waals surface area contributed by atoms with E-state index in [0.29, 0.717) is 19.4 Å². The third-order valence-corrected chi connectivity index (χ3v) is 4.29. The molecule has 1 aliphatic rings. The summed E-state index contributed by atoms with van der Waals surface area (Å²) in [5, 5.41) is 8.83. The van der Waals surface area contributed by atoms with Crippen molar-refractivity contribution in [2.45, 2.75) is 50.5 Å². The van der Waals surface area contributed by atoms with Crippen molar-refractivity contribution in [3.05, 3.63) is 23.9 Å². The number of rotatable bonds is 8. The molecule has 27 heavy (non-hydrogen) atoms. The summed E-state index contributed by atoms with van der Waals surface area (Å²) in [4.78, 5) is 28.7. The van der Waals surface area contributed by atoms with Crippen LogP contribution < -0.4 is 4.74 Å². The van der Waals surface area contributed by atoms with Crippen molar-refractivity contribution in [2.24, 2.45) is 0 Å². The number of halogens is 4. The van der Waals surface area contributed by atoms with Gasteiger partial charge in [0.15, 0.2) is 6.61 Å². The Morgan fingerprint density at radius 2 is 2.07 bits per heavy atom. The zero-order chi connectivity index (χ0) is 20.0. The number of carbonyl (C=O) groups excluding carboxylic acids is 1. The number of nitrogens with zero attached hydrogens (tertiary/aromatic N) is 2. The van der Waals surface area contributed by atoms with Gasteiger partial charge >= 0.3 is 18.3 Å². The summed E-state index contributed by atoms with van der Waals surface area (Å²) in [6, 6.07) is 2.28. The maximum atomic E-state index is 12.8. The molecule has 2 heterocycles. The summed E-state index contributed by atoms with van der Waals surface area (Å²) in [5.41, 5.74) is 0.185. The number of carboxylic acid groups (broad SMARTS) is 1. The molecule has 1 fully saturated rings. The summed E-state index contributed by atoms with van der Waals surface area (Å²) in [6.07, 6.45) is -0.0160. The summed E-state index contributed by atoms with van der Waals surface area (Å²) in [5.74, 6) is -5.87. The lowest BCUT2D eigenvalue weighted by atomic mass is 9.97. The van der Waals surface area contributed by atoms with Gasteiger partial charge in [-0.25, -0.2) is 13.8 Å². The van der Waals surface area contributed by atoms with Gasteiger partial charge in [-0.1, -0.05) is 0 Å². The Morgan fingerprint density at radius 3 is 2.67 bits per heavy atom. The van der Waals surface area contributed by atoms with E-state index in [4.69, 9.17) is 5.11 Å². The molecular weight excluding hydrogens is 372 g/mol. The fraction of sp³-hybridized carbons (Fsp3) is 0.588. The van der Waals surface area contributed by atoms with Crippen molar-refractivity contribution in [3.8, 4) is 5.88 Å². The highest BCUT2D eigenvalue weighted by molar-refractivity contribution is 5.94. The molecule has 0 saturated carbocycles. The zero-order valence-corrected chi connectivity index (χ0v) is 14.4. The molecule has 0 radical (unpaired) electrons. The molecule has 10 heteroatoms. The SMILES string of the molecule is O=C(O)CCC1CCCCN1C(=O)c1ccc(OCC(F)(F)C(F)F)nc1. The first-order valence-corrected chi connectivity index (χ1v) is 8.48. The maximum absolute atomic E-state index is 12.8. The highest BCUT2D eigenvalue weighted by Gasteiger charge is 2.41. The molecule has 1 N–H and O–H groups in total. The van der Waals surface area contributed by atoms with E-state index < -0.39 is 24.9 Å². The second-order valence-corrected chi connectivity index (χ2v) is 6.32. The van der Waals surface area contributed by atoms with Crippen LogP contribution in [-0.4, -0.2) is 58.4 Å². The Balaban J connectivity index is 2.00. The largest absolute Gasteiger partial charge is 0.481 e. The van der Waals surface area contributed by atoms with Crippen molar-refractivity contribution in [3.63, 3.8) is 0 Å². The van der Waals surface area contributed by atoms with E-state index in [1.54, 1.807) is 4.90 Å². The quantitative estimate of drug-likeness (QED) is 0.688. The summed E-state index contributed by atoms with van der Waals surface area (Å²) in [6.45, 7) is -1.03. The fourth-order valence-electron chi connectivity index (χ4n) is 2.85. The van der Waals surface area contributed by atoms with Crippen LogP contribution in [0.5, 0.6) is 5.88 Å². The maximum Gasteiger partial charge on any atom is 0.340 e. The number of aliphatic carboxylic acids is 1. The van der Waals surface area contributed by atoms with E-state index in [9.17, 15) is 27.2 Å². The number of piperidine rings is 1. The first-order chi connectivity index (χ1) is 12.7. The molecule has 1 unspecified atom stereocenters. The zero-order valence-electron chi connectivity index (χ0n) is 14.4. The number of likely N-dealkylation sites (tertiary alicyclic amines) is 1. The number of carbonyl (C=O) groups is 2. The van der Waals surface area contributed by atoms with Crippen LogP contribution in [0.3, 0.4) is 0 Å². The predicted molar refractivity (Wildman–Crippen MR) is 86.2 cm³/mol. The van der Waals surface area contributed by atoms with Crippen LogP contribution in [0, 0.1) is 0 Å². The lowest BCUT2D eigenvalue weighted by Crippen LogP contribution is -2.44. The highest BCUT2D eigenvalue weighted by atomic mass is 19.3. The number of hydrogen-bond acceptors (Lipinski definition) is 4. The van der Waals surface area contributed by atoms with Crippen LogP contribution in [-0.2, 0) is 4.79 Å². The highest BCUT2D eigenvalue weighted by Crippen LogP contribution is 2.25. The number of alkyl halides is 4. The standard InChI is InChI=1S/C17H20F4N2O4/c18-16(19)17(20,21)10-27-13-6-4-11(9-22-13)15(26)23-8-2-1-3-12(23)5-7-14(24)25/h4,6,9,12,16H,1-3,5,7-8,10H2,(H,24,25). The molecule has 1 amide bonds. The van der Waals surface area contributed by atoms with Gasteiger partial charge < -0.3 is 14.7 Å². The number of amides is 1. The van der Waals surface area contributed by atoms with E-state index >= 15 is 0 Å². The Morgan fingerprint density at radius 1 is 1.33 bits per heavy atom. The summed E-state index contributed by atoms with van der Waals surface area (Å²) in [7, 11) is 0. The number of carboxylic acids is 1. The lowest BCUT2D eigenvalue weighted by molar-refractivity contribution is -0.148. The van der Waals surface area contributed by atoms with Gasteiger partial charge in [0.1, 0.15) is 0 Å². The summed E-state index contributed by atoms with van der Waals surface area (Å²) >= 11 is 0. The van der Waals surface area contributed by atoms with Crippen molar-refractivity contribution >= 4 is 11.9 Å². The Bertz CT molecular complexity index is 655. The van der Waals surface area contributed by atoms with Crippen LogP contribution in [0.4, 0.5) is 17.6 Å². The second kappa shape index (κ2) is 9.01. The van der Waals surface area contributed by atoms with E-state index in [1.165, 1.54) is 6.07 Å². The van der Waals surface area contributed by atoms with E-state index in [2.05, 4.69) is 9.72 Å². The molecular formula is C17H20F4N2O4. The van der Waals surface area contributed by atoms with Crippen molar-refractivity contribution in [1.82, 2.24) is 9.88 Å². The molecule has 1 saturated heterocycles. The van der Waals surface area contributed by atoms with Crippen LogP contribution in [0.1, 0.15) is 42.5 Å². The minimum atomic E-state index is -4.29. The molecule has 0 aromatic carbocycles. The molecule has 0 bridgehead atoms. The Kier molecular flexibility index (Phi) is 6.98. The molecule has 1 aromatic heterocycles. The van der Waals surface area contributed by atoms with Crippen molar-refractivity contribution in [2.75, 3.05) is 13.2 Å². The molecule has 1 aromatic rings. The van der Waals surface area contributed by atoms with Gasteiger partial charge in [0, 0.05) is 31.3 Å². The molecule has 1 atom stereocenters. The first-order valence-electron chi connectivity index (χ1n) is 8.48. The van der Waals surface area contributed by atoms with E-state index in [1.807, 2.05) is 0 Å². The molecule has 1 aliphatic heterocycles. The van der Waals surface area contributed by atoms with E-state index in [-0.39, 0.29) is 29.8 Å². The topological polar surface area (TPSA) is 79.7 Å². The van der Waals surface area contributed by atoms with Crippen LogP contribution in [0.15, 0.2) is 18.3 Å². The van der Waals surface area contributed by atoms with Crippen LogP contribution in [0.2, 0.25) is 0 Å². The van der Waals surface area contributed by atoms with Gasteiger partial charge in [0.25, 0.3) is 5.91 Å². The first kappa shape index (κ1) is 20.9. The fourth-order valence-corrected chi connectivity index (χ4v) is 2.85. The molecule has 150 valence electrons. The molecule has 0 spiro atoms. The van der Waals surface area contributed by atoms with Gasteiger partial charge in [0.05, 0.1) is 5.56 Å². The third-order valence-electron chi connectivity index (χ3n) is 4.29. The average Bonchev–Trinajstić information content (AvgIpc) is 2.64. The molecule has 0 aliphatic carbocycles. The van der Waals surface area contributed by atoms with Crippen molar-refractivity contribution in [1.29, 1.82) is 0 Å². The van der Waals surface area contributed by atoms with E-state index in [0.717, 1.165) is 25.1 Å². The molecule has 6 nitrogen and oxygen atoms in total. The minimum absolute atomic E-state index is 0.0438. The number of pyridine rings is 1. The number of ether oxygens (including phenoxy) is 1. The van der Waals surface area contributed by atoms with Crippen LogP contribution in [0.25, 0.3) is 0 Å². The third kappa shape index (κ3) is 5.80. The molecule has 2 rings (SSSR count). The van der Waals surface area contributed by atoms with Gasteiger partial charge in [-0.2, -0.15) is 8.78 Å². The Hall–Kier alpha value is -2.39. The number of aromatic nitrogens is 1. The summed E-state index contributed by atoms with van der Waals surface area (Å²) < 4.78 is 54.5. The van der Waals surface area contributed by atoms with Gasteiger partial charge in [0.2, 0.25) is 5.88 Å². The monoisotopic (exact) mass is 392 g/mol. The van der Waals surface area contributed by atoms with Crippen LogP contribution >= 0.6 is 0 Å². The normalized spacial score (nSPS) is 17.8. The van der Waals surface area contributed by atoms with Crippen molar-refractivity contribution < 1.29 is 37.0 Å². The lowest BCUT2D eigenvalue weighted by Gasteiger charge is -2.35. The second-order valence-electron chi connectivity index (χ2n) is 6.32. The average molecular weight is 392 g/mol. The smallest absolute Gasteiger partial charge is 0.340 e. The number of hydrogen-bond donors (Lipinski definition) is 1. The minimum Gasteiger partial charge on any atom is -0.481 e. The van der Waals surface area contributed by atoms with Gasteiger partial charge in [-0.15, -0.1) is 0 Å². The predicted octanol–water partition coefficient (Wildman–Crippen LogP) is 3.22. The van der Waals surface area contributed by atoms with Gasteiger partial charge in [-0.05, 0) is 31.7 Å².